The fourth-order valence-electron chi connectivity index (χ4n) is 2.46. The summed E-state index contributed by atoms with van der Waals surface area (Å²) in [7, 11) is 0. The summed E-state index contributed by atoms with van der Waals surface area (Å²) in [4.78, 5) is 11.9. The third-order valence-corrected chi connectivity index (χ3v) is 5.51. The van der Waals surface area contributed by atoms with Crippen LogP contribution in [0.5, 0.6) is 5.75 Å². The van der Waals surface area contributed by atoms with Crippen LogP contribution in [0.25, 0.3) is 0 Å². The van der Waals surface area contributed by atoms with E-state index >= 15 is 0 Å². The van der Waals surface area contributed by atoms with Crippen LogP contribution in [0, 0.1) is 13.0 Å². The minimum atomic E-state index is -0.326. The average molecular weight is 614 g/mol. The van der Waals surface area contributed by atoms with Crippen molar-refractivity contribution in [3.05, 3.63) is 96.4 Å². The number of halogens is 3. The smallest absolute Gasteiger partial charge is 0.244 e. The van der Waals surface area contributed by atoms with Crippen molar-refractivity contribution in [2.24, 2.45) is 5.10 Å². The van der Waals surface area contributed by atoms with E-state index in [9.17, 15) is 9.18 Å². The van der Waals surface area contributed by atoms with Gasteiger partial charge in [0, 0.05) is 3.57 Å². The molecular formula is C22H17FI2N2O2. The van der Waals surface area contributed by atoms with Crippen molar-refractivity contribution in [1.82, 2.24) is 5.43 Å². The molecule has 0 atom stereocenters. The number of hydrazone groups is 1. The van der Waals surface area contributed by atoms with Crippen molar-refractivity contribution in [2.75, 3.05) is 0 Å². The predicted octanol–water partition coefficient (Wildman–Crippen LogP) is 5.31. The zero-order chi connectivity index (χ0) is 20.6. The van der Waals surface area contributed by atoms with Gasteiger partial charge in [-0.2, -0.15) is 5.10 Å². The first-order valence-corrected chi connectivity index (χ1v) is 10.9. The largest absolute Gasteiger partial charge is 0.488 e. The molecule has 0 spiro atoms. The lowest BCUT2D eigenvalue weighted by molar-refractivity contribution is -0.120. The number of benzene rings is 3. The van der Waals surface area contributed by atoms with Gasteiger partial charge in [0.15, 0.2) is 0 Å². The predicted molar refractivity (Wildman–Crippen MR) is 128 cm³/mol. The highest BCUT2D eigenvalue weighted by Gasteiger charge is 2.04. The summed E-state index contributed by atoms with van der Waals surface area (Å²) in [5.74, 6) is 0.203. The van der Waals surface area contributed by atoms with Gasteiger partial charge in [-0.1, -0.05) is 24.3 Å². The fourth-order valence-corrected chi connectivity index (χ4v) is 3.52. The van der Waals surface area contributed by atoms with Crippen molar-refractivity contribution in [3.8, 4) is 5.75 Å². The number of carbonyl (C=O) groups is 1. The fraction of sp³-hybridized carbons (Fsp3) is 0.0909. The number of nitrogens with one attached hydrogen (secondary N) is 1. The first-order valence-electron chi connectivity index (χ1n) is 8.73. The lowest BCUT2D eigenvalue weighted by Gasteiger charge is -2.09. The van der Waals surface area contributed by atoms with E-state index in [-0.39, 0.29) is 18.1 Å². The lowest BCUT2D eigenvalue weighted by atomic mass is 10.1. The van der Waals surface area contributed by atoms with E-state index in [4.69, 9.17) is 4.74 Å². The monoisotopic (exact) mass is 614 g/mol. The summed E-state index contributed by atoms with van der Waals surface area (Å²) in [6.45, 7) is 0.500. The van der Waals surface area contributed by atoms with Crippen LogP contribution >= 0.6 is 45.2 Å². The van der Waals surface area contributed by atoms with E-state index in [2.05, 4.69) is 55.7 Å². The van der Waals surface area contributed by atoms with Crippen LogP contribution in [0.15, 0.2) is 71.8 Å². The first kappa shape index (κ1) is 21.7. The molecule has 1 N–H and O–H groups in total. The lowest BCUT2D eigenvalue weighted by Crippen LogP contribution is -2.19. The third-order valence-electron chi connectivity index (χ3n) is 3.94. The standard InChI is InChI=1S/C22H17FI2N2O2/c23-18-6-1-15(2-7-18)12-22(28)27-26-13-17-5-10-21(20(25)11-17)29-14-16-3-8-19(24)9-4-16/h1-11,13H,12,14H2,(H,27,28)/b26-13+. The topological polar surface area (TPSA) is 50.7 Å². The van der Waals surface area contributed by atoms with E-state index in [1.807, 2.05) is 42.5 Å². The van der Waals surface area contributed by atoms with Gasteiger partial charge in [-0.3, -0.25) is 4.79 Å². The van der Waals surface area contributed by atoms with Gasteiger partial charge < -0.3 is 4.74 Å². The summed E-state index contributed by atoms with van der Waals surface area (Å²) in [5.41, 5.74) is 5.16. The number of ether oxygens (including phenoxy) is 1. The van der Waals surface area contributed by atoms with Crippen LogP contribution in [0.3, 0.4) is 0 Å². The molecule has 1 amide bonds. The van der Waals surface area contributed by atoms with E-state index in [0.29, 0.717) is 6.61 Å². The number of carbonyl (C=O) groups excluding carboxylic acids is 1. The molecule has 0 aliphatic carbocycles. The third kappa shape index (κ3) is 7.07. The van der Waals surface area contributed by atoms with Gasteiger partial charge in [-0.25, -0.2) is 9.82 Å². The molecule has 0 saturated carbocycles. The van der Waals surface area contributed by atoms with E-state index < -0.39 is 0 Å². The Labute approximate surface area is 195 Å². The Morgan fingerprint density at radius 1 is 1.00 bits per heavy atom. The Morgan fingerprint density at radius 2 is 1.69 bits per heavy atom. The maximum Gasteiger partial charge on any atom is 0.244 e. The second-order valence-corrected chi connectivity index (χ2v) is 8.61. The molecule has 0 bridgehead atoms. The number of hydrogen-bond donors (Lipinski definition) is 1. The quantitative estimate of drug-likeness (QED) is 0.223. The second-order valence-electron chi connectivity index (χ2n) is 6.20. The van der Waals surface area contributed by atoms with E-state index in [1.165, 1.54) is 15.7 Å². The minimum absolute atomic E-state index is 0.139. The van der Waals surface area contributed by atoms with Crippen LogP contribution < -0.4 is 10.2 Å². The second kappa shape index (κ2) is 10.7. The van der Waals surface area contributed by atoms with Crippen molar-refractivity contribution in [1.29, 1.82) is 0 Å². The molecule has 148 valence electrons. The maximum atomic E-state index is 12.9. The molecule has 7 heteroatoms. The van der Waals surface area contributed by atoms with Gasteiger partial charge >= 0.3 is 0 Å². The zero-order valence-corrected chi connectivity index (χ0v) is 19.6. The van der Waals surface area contributed by atoms with E-state index in [1.54, 1.807) is 18.3 Å². The summed E-state index contributed by atoms with van der Waals surface area (Å²) < 4.78 is 20.9. The molecule has 0 radical (unpaired) electrons. The minimum Gasteiger partial charge on any atom is -0.488 e. The molecule has 0 aliphatic rings. The maximum absolute atomic E-state index is 12.9. The van der Waals surface area contributed by atoms with Gasteiger partial charge in [0.1, 0.15) is 18.2 Å². The molecular weight excluding hydrogens is 597 g/mol. The van der Waals surface area contributed by atoms with Gasteiger partial charge in [0.25, 0.3) is 0 Å². The highest BCUT2D eigenvalue weighted by molar-refractivity contribution is 14.1. The molecule has 0 aromatic heterocycles. The molecule has 3 aromatic rings. The number of amides is 1. The van der Waals surface area contributed by atoms with Gasteiger partial charge in [0.05, 0.1) is 16.2 Å². The van der Waals surface area contributed by atoms with E-state index in [0.717, 1.165) is 26.0 Å². The number of nitrogens with zero attached hydrogens (tertiary/aromatic N) is 1. The molecule has 0 heterocycles. The Bertz CT molecular complexity index is 1010. The molecule has 0 aliphatic heterocycles. The molecule has 0 unspecified atom stereocenters. The van der Waals surface area contributed by atoms with Crippen LogP contribution in [0.4, 0.5) is 4.39 Å². The van der Waals surface area contributed by atoms with Gasteiger partial charge in [-0.05, 0) is 104 Å². The van der Waals surface area contributed by atoms with Crippen molar-refractivity contribution in [2.45, 2.75) is 13.0 Å². The highest BCUT2D eigenvalue weighted by atomic mass is 127. The summed E-state index contributed by atoms with van der Waals surface area (Å²) >= 11 is 4.48. The van der Waals surface area contributed by atoms with Gasteiger partial charge in [0.2, 0.25) is 5.91 Å². The number of hydrogen-bond acceptors (Lipinski definition) is 3. The van der Waals surface area contributed by atoms with Crippen LogP contribution in [0.2, 0.25) is 0 Å². The molecule has 4 nitrogen and oxygen atoms in total. The average Bonchev–Trinajstić information content (AvgIpc) is 2.70. The van der Waals surface area contributed by atoms with Crippen LogP contribution in [-0.4, -0.2) is 12.1 Å². The molecule has 0 fully saturated rings. The Morgan fingerprint density at radius 3 is 2.38 bits per heavy atom. The zero-order valence-electron chi connectivity index (χ0n) is 15.2. The summed E-state index contributed by atoms with van der Waals surface area (Å²) in [6, 6.07) is 19.7. The van der Waals surface area contributed by atoms with Gasteiger partial charge in [-0.15, -0.1) is 0 Å². The molecule has 3 aromatic carbocycles. The molecule has 29 heavy (non-hydrogen) atoms. The molecule has 3 rings (SSSR count). The SMILES string of the molecule is O=C(Cc1ccc(F)cc1)N/N=C/c1ccc(OCc2ccc(I)cc2)c(I)c1. The Balaban J connectivity index is 1.51. The van der Waals surface area contributed by atoms with Crippen molar-refractivity contribution in [3.63, 3.8) is 0 Å². The van der Waals surface area contributed by atoms with Crippen molar-refractivity contribution < 1.29 is 13.9 Å². The summed E-state index contributed by atoms with van der Waals surface area (Å²) in [5, 5.41) is 3.98. The van der Waals surface area contributed by atoms with Crippen LogP contribution in [0.1, 0.15) is 16.7 Å². The first-order chi connectivity index (χ1) is 14.0. The Kier molecular flexibility index (Phi) is 7.99. The molecule has 0 saturated heterocycles. The van der Waals surface area contributed by atoms with Crippen molar-refractivity contribution >= 4 is 57.3 Å². The Hall–Kier alpha value is -2.01. The normalized spacial score (nSPS) is 10.9. The highest BCUT2D eigenvalue weighted by Crippen LogP contribution is 2.23. The van der Waals surface area contributed by atoms with Crippen LogP contribution in [-0.2, 0) is 17.8 Å². The number of rotatable bonds is 7. The summed E-state index contributed by atoms with van der Waals surface area (Å²) in [6.07, 6.45) is 1.72.